The number of fused-ring (bicyclic) bond motifs is 1. The van der Waals surface area contributed by atoms with Crippen molar-refractivity contribution in [2.45, 2.75) is 0 Å². The molecule has 0 unspecified atom stereocenters. The van der Waals surface area contributed by atoms with Crippen molar-refractivity contribution < 1.29 is 9.59 Å². The molecule has 3 heterocycles. The van der Waals surface area contributed by atoms with E-state index in [9.17, 15) is 9.59 Å². The molecule has 3 aromatic rings. The maximum Gasteiger partial charge on any atom is 0.274 e. The normalized spacial score (nSPS) is 14.4. The maximum absolute atomic E-state index is 12.3. The number of hydrogen-bond acceptors (Lipinski definition) is 6. The molecular weight excluding hydrogens is 362 g/mol. The molecule has 7 nitrogen and oxygen atoms in total. The van der Waals surface area contributed by atoms with Crippen LogP contribution in [0.4, 0.5) is 5.13 Å². The molecule has 1 aromatic carbocycles. The number of anilines is 1. The van der Waals surface area contributed by atoms with E-state index in [0.29, 0.717) is 23.2 Å². The Hall–Kier alpha value is -2.58. The van der Waals surface area contributed by atoms with Crippen molar-refractivity contribution in [3.8, 4) is 0 Å². The van der Waals surface area contributed by atoms with Gasteiger partial charge in [-0.3, -0.25) is 14.6 Å². The van der Waals surface area contributed by atoms with E-state index in [4.69, 9.17) is 11.6 Å². The lowest BCUT2D eigenvalue weighted by Gasteiger charge is -2.37. The topological polar surface area (TPSA) is 88.1 Å². The lowest BCUT2D eigenvalue weighted by atomic mass is 9.99. The lowest BCUT2D eigenvalue weighted by Crippen LogP contribution is -2.54. The minimum absolute atomic E-state index is 0.145. The zero-order valence-electron chi connectivity index (χ0n) is 12.8. The van der Waals surface area contributed by atoms with Gasteiger partial charge < -0.3 is 10.2 Å². The number of benzene rings is 1. The molecule has 0 spiro atoms. The molecule has 1 saturated heterocycles. The Kier molecular flexibility index (Phi) is 4.06. The minimum Gasteiger partial charge on any atom is -0.336 e. The highest BCUT2D eigenvalue weighted by atomic mass is 35.5. The van der Waals surface area contributed by atoms with Gasteiger partial charge in [0, 0.05) is 30.5 Å². The summed E-state index contributed by atoms with van der Waals surface area (Å²) in [5, 5.41) is 3.97. The van der Waals surface area contributed by atoms with Gasteiger partial charge in [0.2, 0.25) is 5.91 Å². The Balaban J connectivity index is 1.37. The van der Waals surface area contributed by atoms with Crippen molar-refractivity contribution in [2.24, 2.45) is 5.92 Å². The van der Waals surface area contributed by atoms with Crippen LogP contribution in [-0.4, -0.2) is 44.8 Å². The number of carbonyl (C=O) groups excluding carboxylic acids is 2. The first kappa shape index (κ1) is 15.9. The van der Waals surface area contributed by atoms with Gasteiger partial charge >= 0.3 is 0 Å². The average molecular weight is 374 g/mol. The fourth-order valence-corrected chi connectivity index (χ4v) is 3.69. The molecule has 1 aliphatic rings. The van der Waals surface area contributed by atoms with Crippen molar-refractivity contribution in [2.75, 3.05) is 18.4 Å². The number of halogens is 1. The molecule has 2 aromatic heterocycles. The van der Waals surface area contributed by atoms with Crippen LogP contribution in [0.25, 0.3) is 10.2 Å². The van der Waals surface area contributed by atoms with E-state index in [-0.39, 0.29) is 23.4 Å². The molecule has 0 radical (unpaired) electrons. The highest BCUT2D eigenvalue weighted by Crippen LogP contribution is 2.29. The first-order valence-electron chi connectivity index (χ1n) is 7.52. The second kappa shape index (κ2) is 6.38. The quantitative estimate of drug-likeness (QED) is 0.761. The summed E-state index contributed by atoms with van der Waals surface area (Å²) in [5.41, 5.74) is 1.07. The third-order valence-corrected chi connectivity index (χ3v) is 5.07. The highest BCUT2D eigenvalue weighted by Gasteiger charge is 2.36. The molecule has 1 aliphatic heterocycles. The third kappa shape index (κ3) is 3.18. The second-order valence-corrected chi connectivity index (χ2v) is 7.09. The number of nitrogens with one attached hydrogen (secondary N) is 1. The molecule has 126 valence electrons. The van der Waals surface area contributed by atoms with Gasteiger partial charge in [-0.15, -0.1) is 0 Å². The molecule has 0 saturated carbocycles. The van der Waals surface area contributed by atoms with Crippen molar-refractivity contribution >= 4 is 50.1 Å². The van der Waals surface area contributed by atoms with Crippen LogP contribution in [0.5, 0.6) is 0 Å². The highest BCUT2D eigenvalue weighted by molar-refractivity contribution is 7.22. The van der Waals surface area contributed by atoms with Crippen LogP contribution >= 0.6 is 22.9 Å². The van der Waals surface area contributed by atoms with E-state index in [1.54, 1.807) is 11.0 Å². The van der Waals surface area contributed by atoms with Gasteiger partial charge in [-0.2, -0.15) is 0 Å². The number of amides is 2. The van der Waals surface area contributed by atoms with Crippen LogP contribution in [0.15, 0.2) is 36.8 Å². The number of likely N-dealkylation sites (tertiary alicyclic amines) is 1. The predicted octanol–water partition coefficient (Wildman–Crippen LogP) is 2.45. The Labute approximate surface area is 151 Å². The maximum atomic E-state index is 12.3. The number of thiazole rings is 1. The number of carbonyl (C=O) groups is 2. The zero-order valence-corrected chi connectivity index (χ0v) is 14.4. The summed E-state index contributed by atoms with van der Waals surface area (Å²) >= 11 is 7.33. The molecule has 1 N–H and O–H groups in total. The van der Waals surface area contributed by atoms with E-state index >= 15 is 0 Å². The van der Waals surface area contributed by atoms with Gasteiger partial charge in [0.1, 0.15) is 5.69 Å². The molecule has 25 heavy (non-hydrogen) atoms. The van der Waals surface area contributed by atoms with Crippen LogP contribution in [0.2, 0.25) is 5.02 Å². The summed E-state index contributed by atoms with van der Waals surface area (Å²) in [5.74, 6) is -0.614. The fraction of sp³-hybridized carbons (Fsp3) is 0.188. The van der Waals surface area contributed by atoms with Crippen LogP contribution < -0.4 is 5.32 Å². The Morgan fingerprint density at radius 3 is 2.88 bits per heavy atom. The van der Waals surface area contributed by atoms with E-state index in [0.717, 1.165) is 10.2 Å². The van der Waals surface area contributed by atoms with Gasteiger partial charge in [0.15, 0.2) is 5.13 Å². The van der Waals surface area contributed by atoms with Gasteiger partial charge in [-0.25, -0.2) is 9.97 Å². The molecule has 9 heteroatoms. The van der Waals surface area contributed by atoms with E-state index in [1.807, 2.05) is 12.1 Å². The van der Waals surface area contributed by atoms with Gasteiger partial charge in [-0.1, -0.05) is 22.9 Å². The number of hydrogen-bond donors (Lipinski definition) is 1. The van der Waals surface area contributed by atoms with Crippen LogP contribution in [0, 0.1) is 5.92 Å². The number of nitrogens with zero attached hydrogens (tertiary/aromatic N) is 4. The molecule has 4 rings (SSSR count). The van der Waals surface area contributed by atoms with Crippen LogP contribution in [0.1, 0.15) is 10.5 Å². The Morgan fingerprint density at radius 2 is 2.12 bits per heavy atom. The molecule has 0 bridgehead atoms. The molecule has 2 amide bonds. The molecule has 0 atom stereocenters. The first-order valence-corrected chi connectivity index (χ1v) is 8.72. The largest absolute Gasteiger partial charge is 0.336 e. The van der Waals surface area contributed by atoms with E-state index < -0.39 is 0 Å². The van der Waals surface area contributed by atoms with E-state index in [1.165, 1.54) is 29.9 Å². The molecule has 1 fully saturated rings. The third-order valence-electron chi connectivity index (χ3n) is 3.90. The predicted molar refractivity (Wildman–Crippen MR) is 94.7 cm³/mol. The smallest absolute Gasteiger partial charge is 0.274 e. The zero-order chi connectivity index (χ0) is 17.4. The summed E-state index contributed by atoms with van der Waals surface area (Å²) < 4.78 is 0.913. The Morgan fingerprint density at radius 1 is 1.28 bits per heavy atom. The van der Waals surface area contributed by atoms with Crippen LogP contribution in [0.3, 0.4) is 0 Å². The standard InChI is InChI=1S/C16H12ClN5O2S/c17-10-1-2-11-13(5-10)25-16(20-11)21-14(23)9-7-22(8-9)15(24)12-6-18-3-4-19-12/h1-6,9H,7-8H2,(H,20,21,23). The summed E-state index contributed by atoms with van der Waals surface area (Å²) in [4.78, 5) is 38.3. The van der Waals surface area contributed by atoms with Crippen LogP contribution in [-0.2, 0) is 4.79 Å². The fourth-order valence-electron chi connectivity index (χ4n) is 2.54. The van der Waals surface area contributed by atoms with Gasteiger partial charge in [0.05, 0.1) is 22.3 Å². The summed E-state index contributed by atoms with van der Waals surface area (Å²) in [6.45, 7) is 0.718. The van der Waals surface area contributed by atoms with Crippen molar-refractivity contribution in [1.29, 1.82) is 0 Å². The minimum atomic E-state index is -0.253. The average Bonchev–Trinajstić information content (AvgIpc) is 2.95. The van der Waals surface area contributed by atoms with Crippen molar-refractivity contribution in [1.82, 2.24) is 19.9 Å². The molecular formula is C16H12ClN5O2S. The lowest BCUT2D eigenvalue weighted by molar-refractivity contribution is -0.123. The Bertz CT molecular complexity index is 956. The first-order chi connectivity index (χ1) is 12.1. The number of aromatic nitrogens is 3. The number of rotatable bonds is 3. The summed E-state index contributed by atoms with van der Waals surface area (Å²) in [7, 11) is 0. The molecule has 0 aliphatic carbocycles. The van der Waals surface area contributed by atoms with E-state index in [2.05, 4.69) is 20.3 Å². The second-order valence-electron chi connectivity index (χ2n) is 5.62. The SMILES string of the molecule is O=C(Nc1nc2ccc(Cl)cc2s1)C1CN(C(=O)c2cnccn2)C1. The van der Waals surface area contributed by atoms with Gasteiger partial charge in [-0.05, 0) is 18.2 Å². The van der Waals surface area contributed by atoms with Gasteiger partial charge in [0.25, 0.3) is 5.91 Å². The van der Waals surface area contributed by atoms with Crippen molar-refractivity contribution in [3.63, 3.8) is 0 Å². The monoisotopic (exact) mass is 373 g/mol. The van der Waals surface area contributed by atoms with Crippen molar-refractivity contribution in [3.05, 3.63) is 47.5 Å². The summed E-state index contributed by atoms with van der Waals surface area (Å²) in [6.07, 6.45) is 4.40. The summed E-state index contributed by atoms with van der Waals surface area (Å²) in [6, 6.07) is 5.39.